The van der Waals surface area contributed by atoms with E-state index >= 15 is 0 Å². The Kier molecular flexibility index (Phi) is 13.5. The highest BCUT2D eigenvalue weighted by atomic mass is 32.2. The molecule has 2 aliphatic rings. The predicted molar refractivity (Wildman–Crippen MR) is 234 cm³/mol. The molecule has 0 unspecified atom stereocenters. The van der Waals surface area contributed by atoms with Gasteiger partial charge in [0.25, 0.3) is 5.91 Å². The molecule has 1 fully saturated rings. The van der Waals surface area contributed by atoms with Gasteiger partial charge in [0.1, 0.15) is 18.1 Å². The fourth-order valence-corrected chi connectivity index (χ4v) is 9.35. The summed E-state index contributed by atoms with van der Waals surface area (Å²) in [4.78, 5) is 61.1. The fraction of sp³-hybridized carbons (Fsp3) is 0.500. The first-order valence-electron chi connectivity index (χ1n) is 21.0. The number of methoxy groups -OCH3 is 1. The molecule has 2 aromatic heterocycles. The van der Waals surface area contributed by atoms with Crippen molar-refractivity contribution in [3.8, 4) is 22.4 Å². The van der Waals surface area contributed by atoms with E-state index in [1.165, 1.54) is 22.9 Å². The van der Waals surface area contributed by atoms with E-state index < -0.39 is 51.2 Å². The molecular weight excluding hydrogens is 797 g/mol. The number of sulfone groups is 1. The van der Waals surface area contributed by atoms with Gasteiger partial charge in [-0.1, -0.05) is 39.8 Å². The average molecular weight is 857 g/mol. The molecule has 328 valence electrons. The van der Waals surface area contributed by atoms with E-state index in [0.29, 0.717) is 36.9 Å². The molecule has 2 aliphatic heterocycles. The third-order valence-electron chi connectivity index (χ3n) is 11.9. The minimum atomic E-state index is -3.76. The molecular formula is C46H60N6O8S. The second-order valence-corrected chi connectivity index (χ2v) is 19.6. The first kappa shape index (κ1) is 45.4. The lowest BCUT2D eigenvalue weighted by molar-refractivity contribution is -0.155. The summed E-state index contributed by atoms with van der Waals surface area (Å²) in [5, 5.41) is 5.21. The highest BCUT2D eigenvalue weighted by molar-refractivity contribution is 7.90. The number of hydrazine groups is 1. The number of nitrogens with one attached hydrogen (secondary N) is 2. The van der Waals surface area contributed by atoms with Crippen LogP contribution in [0, 0.1) is 11.3 Å². The quantitative estimate of drug-likeness (QED) is 0.201. The Morgan fingerprint density at radius 2 is 1.84 bits per heavy atom. The summed E-state index contributed by atoms with van der Waals surface area (Å²) in [6.07, 6.45) is 3.94. The molecule has 0 radical (unpaired) electrons. The second kappa shape index (κ2) is 18.1. The van der Waals surface area contributed by atoms with Gasteiger partial charge in [0.15, 0.2) is 9.84 Å². The lowest BCUT2D eigenvalue weighted by atomic mass is 9.84. The molecule has 4 heterocycles. The van der Waals surface area contributed by atoms with Crippen LogP contribution in [0.25, 0.3) is 33.3 Å². The predicted octanol–water partition coefficient (Wildman–Crippen LogP) is 5.65. The van der Waals surface area contributed by atoms with Crippen molar-refractivity contribution in [1.29, 1.82) is 0 Å². The SMILES string of the molecule is CCn1c(-c2cccnc2[C@H](C)OC)c2c3cc(ccc31)-c1cc(cc(S(C)(=O)=O)c1)C[C@H](NC(=O)[C@H](C(C)C)N(C)C(C)=O)C(=O)N1CCC[C@H](N1)C(=O)OCC(C)(C)C2. The summed E-state index contributed by atoms with van der Waals surface area (Å²) >= 11 is 0. The molecule has 0 saturated carbocycles. The molecule has 4 atom stereocenters. The number of rotatable bonds is 9. The second-order valence-electron chi connectivity index (χ2n) is 17.6. The molecule has 6 rings (SSSR count). The Hall–Kier alpha value is -5.12. The number of amides is 3. The van der Waals surface area contributed by atoms with Crippen molar-refractivity contribution in [1.82, 2.24) is 30.2 Å². The molecule has 0 aliphatic carbocycles. The molecule has 15 heteroatoms. The Labute approximate surface area is 359 Å². The summed E-state index contributed by atoms with van der Waals surface area (Å²) in [6.45, 7) is 14.1. The maximum Gasteiger partial charge on any atom is 0.324 e. The Morgan fingerprint density at radius 1 is 1.10 bits per heavy atom. The van der Waals surface area contributed by atoms with E-state index in [2.05, 4.69) is 48.2 Å². The molecule has 2 aromatic carbocycles. The van der Waals surface area contributed by atoms with Crippen LogP contribution in [0.4, 0.5) is 0 Å². The monoisotopic (exact) mass is 856 g/mol. The van der Waals surface area contributed by atoms with Gasteiger partial charge in [-0.15, -0.1) is 0 Å². The van der Waals surface area contributed by atoms with Crippen LogP contribution in [0.5, 0.6) is 0 Å². The van der Waals surface area contributed by atoms with E-state index in [1.54, 1.807) is 26.4 Å². The molecule has 1 saturated heterocycles. The van der Waals surface area contributed by atoms with Gasteiger partial charge in [0.05, 0.1) is 29.0 Å². The van der Waals surface area contributed by atoms with E-state index in [9.17, 15) is 27.6 Å². The number of hydrogen-bond donors (Lipinski definition) is 2. The van der Waals surface area contributed by atoms with Crippen LogP contribution in [0.3, 0.4) is 0 Å². The van der Waals surface area contributed by atoms with Crippen molar-refractivity contribution < 1.29 is 37.1 Å². The number of cyclic esters (lactones) is 1. The van der Waals surface area contributed by atoms with Gasteiger partial charge in [-0.3, -0.25) is 29.2 Å². The van der Waals surface area contributed by atoms with Crippen LogP contribution >= 0.6 is 0 Å². The normalized spacial score (nSPS) is 19.6. The summed E-state index contributed by atoms with van der Waals surface area (Å²) < 4.78 is 40.8. The van der Waals surface area contributed by atoms with Crippen LogP contribution in [0.15, 0.2) is 59.6 Å². The van der Waals surface area contributed by atoms with Crippen molar-refractivity contribution in [2.75, 3.05) is 33.6 Å². The smallest absolute Gasteiger partial charge is 0.324 e. The molecule has 61 heavy (non-hydrogen) atoms. The van der Waals surface area contributed by atoms with Crippen molar-refractivity contribution in [3.63, 3.8) is 0 Å². The van der Waals surface area contributed by atoms with Gasteiger partial charge in [-0.25, -0.2) is 13.8 Å². The number of nitrogens with zero attached hydrogens (tertiary/aromatic N) is 4. The van der Waals surface area contributed by atoms with E-state index in [0.717, 1.165) is 45.2 Å². The van der Waals surface area contributed by atoms with Gasteiger partial charge in [0, 0.05) is 74.9 Å². The third-order valence-corrected chi connectivity index (χ3v) is 13.0. The number of aromatic nitrogens is 2. The van der Waals surface area contributed by atoms with Gasteiger partial charge in [0.2, 0.25) is 11.8 Å². The third kappa shape index (κ3) is 9.68. The number of carbonyl (C=O) groups is 4. The first-order chi connectivity index (χ1) is 28.7. The first-order valence-corrected chi connectivity index (χ1v) is 22.9. The number of ether oxygens (including phenoxy) is 2. The number of hydrogen-bond acceptors (Lipinski definition) is 10. The zero-order valence-corrected chi connectivity index (χ0v) is 37.8. The van der Waals surface area contributed by atoms with Crippen LogP contribution in [0.2, 0.25) is 0 Å². The van der Waals surface area contributed by atoms with Gasteiger partial charge in [-0.05, 0) is 97.7 Å². The number of benzene rings is 2. The Balaban J connectivity index is 1.59. The zero-order valence-electron chi connectivity index (χ0n) is 37.0. The Morgan fingerprint density at radius 3 is 2.49 bits per heavy atom. The maximum absolute atomic E-state index is 14.6. The molecule has 6 bridgehead atoms. The van der Waals surface area contributed by atoms with Crippen molar-refractivity contribution in [3.05, 3.63) is 71.5 Å². The molecule has 14 nitrogen and oxygen atoms in total. The minimum Gasteiger partial charge on any atom is -0.464 e. The highest BCUT2D eigenvalue weighted by Crippen LogP contribution is 2.42. The van der Waals surface area contributed by atoms with Crippen molar-refractivity contribution in [2.24, 2.45) is 11.3 Å². The molecule has 3 amide bonds. The number of likely N-dealkylation sites (N-methyl/N-ethyl adjacent to an activating group) is 1. The molecule has 2 N–H and O–H groups in total. The van der Waals surface area contributed by atoms with E-state index in [1.807, 2.05) is 45.0 Å². The standard InChI is InChI=1S/C46H60N6O8S/c1-11-51-39-17-16-31-24-35(39)36(42(51)34-14-12-18-47-40(34)28(4)59-9)25-46(6,7)26-60-45(56)37-15-13-19-52(49-37)44(55)38(48-43(54)41(27(2)3)50(8)29(5)53)22-30-20-32(31)23-33(21-30)61(10,57)58/h12,14,16-18,20-21,23-24,27-28,37-38,41,49H,11,13,15,19,22,25-26H2,1-10H3,(H,48,54)/t28-,37-,38-,41-/m0/s1. The number of fused-ring (bicyclic) bond motifs is 6. The van der Waals surface area contributed by atoms with Gasteiger partial charge in [-0.2, -0.15) is 0 Å². The van der Waals surface area contributed by atoms with Crippen molar-refractivity contribution >= 4 is 44.4 Å². The average Bonchev–Trinajstić information content (AvgIpc) is 3.52. The van der Waals surface area contributed by atoms with Crippen LogP contribution in [-0.2, 0) is 57.9 Å². The van der Waals surface area contributed by atoms with Crippen molar-refractivity contribution in [2.45, 2.75) is 110 Å². The summed E-state index contributed by atoms with van der Waals surface area (Å²) in [7, 11) is -0.559. The van der Waals surface area contributed by atoms with Gasteiger partial charge >= 0.3 is 5.97 Å². The zero-order chi connectivity index (χ0) is 44.6. The number of esters is 1. The van der Waals surface area contributed by atoms with Crippen LogP contribution in [0.1, 0.15) is 84.2 Å². The van der Waals surface area contributed by atoms with Crippen LogP contribution in [-0.4, -0.2) is 103 Å². The topological polar surface area (TPSA) is 169 Å². The van der Waals surface area contributed by atoms with Crippen LogP contribution < -0.4 is 10.7 Å². The lowest BCUT2D eigenvalue weighted by Crippen LogP contribution is -2.62. The summed E-state index contributed by atoms with van der Waals surface area (Å²) in [6, 6.07) is 12.2. The number of pyridine rings is 1. The minimum absolute atomic E-state index is 0.0593. The summed E-state index contributed by atoms with van der Waals surface area (Å²) in [5.74, 6) is -2.15. The lowest BCUT2D eigenvalue weighted by Gasteiger charge is -2.36. The van der Waals surface area contributed by atoms with E-state index in [-0.39, 0.29) is 42.4 Å². The molecule has 4 aromatic rings. The summed E-state index contributed by atoms with van der Waals surface area (Å²) in [5.41, 5.74) is 9.02. The maximum atomic E-state index is 14.6. The molecule has 0 spiro atoms. The number of aryl methyl sites for hydroxylation is 1. The largest absolute Gasteiger partial charge is 0.464 e. The fourth-order valence-electron chi connectivity index (χ4n) is 8.65. The Bertz CT molecular complexity index is 2440. The van der Waals surface area contributed by atoms with Gasteiger partial charge < -0.3 is 24.3 Å². The number of carbonyl (C=O) groups excluding carboxylic acids is 4. The highest BCUT2D eigenvalue weighted by Gasteiger charge is 2.37. The van der Waals surface area contributed by atoms with E-state index in [4.69, 9.17) is 14.5 Å².